The lowest BCUT2D eigenvalue weighted by molar-refractivity contribution is -0.149. The van der Waals surface area contributed by atoms with E-state index in [1.165, 1.54) is 56.7 Å². The van der Waals surface area contributed by atoms with Gasteiger partial charge in [0.05, 0.1) is 19.1 Å². The van der Waals surface area contributed by atoms with Crippen LogP contribution in [0.2, 0.25) is 0 Å². The molecule has 1 saturated carbocycles. The lowest BCUT2D eigenvalue weighted by Gasteiger charge is -2.47. The molecule has 2 heterocycles. The fourth-order valence-electron chi connectivity index (χ4n) is 5.06. The topological polar surface area (TPSA) is 57.2 Å². The summed E-state index contributed by atoms with van der Waals surface area (Å²) in [6, 6.07) is 0. The van der Waals surface area contributed by atoms with E-state index in [1.807, 2.05) is 6.92 Å². The average molecular weight is 425 g/mol. The van der Waals surface area contributed by atoms with Gasteiger partial charge in [-0.25, -0.2) is 0 Å². The van der Waals surface area contributed by atoms with Crippen molar-refractivity contribution in [1.29, 1.82) is 0 Å². The third-order valence-corrected chi connectivity index (χ3v) is 7.68. The van der Waals surface area contributed by atoms with Crippen molar-refractivity contribution in [3.05, 3.63) is 0 Å². The Bertz CT molecular complexity index is 537. The average Bonchev–Trinajstić information content (AvgIpc) is 2.78. The van der Waals surface area contributed by atoms with Crippen molar-refractivity contribution in [2.24, 2.45) is 10.9 Å². The molecule has 3 aliphatic rings. The van der Waals surface area contributed by atoms with Crippen LogP contribution in [0.1, 0.15) is 58.8 Å². The van der Waals surface area contributed by atoms with Gasteiger partial charge in [-0.05, 0) is 39.5 Å². The third-order valence-electron chi connectivity index (χ3n) is 6.74. The van der Waals surface area contributed by atoms with Crippen molar-refractivity contribution in [2.45, 2.75) is 64.3 Å². The molecule has 0 spiro atoms. The van der Waals surface area contributed by atoms with Crippen molar-refractivity contribution in [3.63, 3.8) is 0 Å². The molecule has 2 saturated heterocycles. The molecule has 3 fully saturated rings. The van der Waals surface area contributed by atoms with E-state index in [9.17, 15) is 4.79 Å². The van der Waals surface area contributed by atoms with Gasteiger partial charge >= 0.3 is 5.97 Å². The van der Waals surface area contributed by atoms with Gasteiger partial charge in [0.1, 0.15) is 0 Å². The Kier molecular flexibility index (Phi) is 8.97. The fraction of sp³-hybridized carbons (Fsp3) is 0.909. The molecule has 0 aromatic heterocycles. The minimum absolute atomic E-state index is 0.0294. The number of guanidine groups is 1. The van der Waals surface area contributed by atoms with E-state index in [2.05, 4.69) is 33.8 Å². The molecule has 0 amide bonds. The molecule has 29 heavy (non-hydrogen) atoms. The predicted octanol–water partition coefficient (Wildman–Crippen LogP) is 2.98. The highest BCUT2D eigenvalue weighted by Gasteiger charge is 2.38. The molecule has 0 bridgehead atoms. The van der Waals surface area contributed by atoms with Crippen LogP contribution in [-0.2, 0) is 9.53 Å². The first kappa shape index (κ1) is 22.7. The van der Waals surface area contributed by atoms with Gasteiger partial charge in [-0.2, -0.15) is 11.8 Å². The Labute approximate surface area is 181 Å². The van der Waals surface area contributed by atoms with Crippen molar-refractivity contribution in [3.8, 4) is 0 Å². The first-order chi connectivity index (χ1) is 14.2. The Hall–Kier alpha value is -0.950. The molecule has 0 atom stereocenters. The summed E-state index contributed by atoms with van der Waals surface area (Å²) in [5.74, 6) is 3.56. The van der Waals surface area contributed by atoms with Crippen LogP contribution < -0.4 is 5.32 Å². The van der Waals surface area contributed by atoms with Gasteiger partial charge in [-0.1, -0.05) is 19.3 Å². The van der Waals surface area contributed by atoms with Crippen LogP contribution in [0, 0.1) is 5.92 Å². The first-order valence-corrected chi connectivity index (χ1v) is 12.9. The molecule has 1 N–H and O–H groups in total. The highest BCUT2D eigenvalue weighted by atomic mass is 32.2. The summed E-state index contributed by atoms with van der Waals surface area (Å²) in [7, 11) is 0. The van der Waals surface area contributed by atoms with Crippen LogP contribution in [0.5, 0.6) is 0 Å². The van der Waals surface area contributed by atoms with Crippen LogP contribution >= 0.6 is 11.8 Å². The maximum absolute atomic E-state index is 12.1. The zero-order chi connectivity index (χ0) is 20.5. The summed E-state index contributed by atoms with van der Waals surface area (Å²) in [4.78, 5) is 22.3. The standard InChI is InChI=1S/C22H40N4O2S/c1-3-23-21(25-12-8-19(9-13-25)20(27)28-4-2)24-18-22(10-6-5-7-11-22)26-14-16-29-17-15-26/h19H,3-18H2,1-2H3,(H,23,24). The van der Waals surface area contributed by atoms with Crippen LogP contribution in [0.15, 0.2) is 4.99 Å². The number of carbonyl (C=O) groups excluding carboxylic acids is 1. The van der Waals surface area contributed by atoms with E-state index >= 15 is 0 Å². The van der Waals surface area contributed by atoms with E-state index in [4.69, 9.17) is 9.73 Å². The van der Waals surface area contributed by atoms with E-state index in [-0.39, 0.29) is 17.4 Å². The number of piperidine rings is 1. The van der Waals surface area contributed by atoms with Crippen molar-refractivity contribution < 1.29 is 9.53 Å². The third kappa shape index (κ3) is 6.03. The summed E-state index contributed by atoms with van der Waals surface area (Å²) in [6.45, 7) is 10.4. The number of rotatable bonds is 6. The number of esters is 1. The maximum Gasteiger partial charge on any atom is 0.309 e. The quantitative estimate of drug-likeness (QED) is 0.402. The van der Waals surface area contributed by atoms with Gasteiger partial charge in [0, 0.05) is 49.8 Å². The Morgan fingerprint density at radius 1 is 1.10 bits per heavy atom. The molecule has 0 unspecified atom stereocenters. The van der Waals surface area contributed by atoms with E-state index in [1.54, 1.807) is 0 Å². The molecule has 0 aromatic carbocycles. The van der Waals surface area contributed by atoms with Crippen molar-refractivity contribution in [2.75, 3.05) is 57.4 Å². The second-order valence-corrected chi connectivity index (χ2v) is 9.79. The molecular weight excluding hydrogens is 384 g/mol. The van der Waals surface area contributed by atoms with Gasteiger partial charge in [0.15, 0.2) is 5.96 Å². The smallest absolute Gasteiger partial charge is 0.309 e. The SMILES string of the molecule is CCNC(=NCC1(N2CCSCC2)CCCCC1)N1CCC(C(=O)OCC)CC1. The zero-order valence-corrected chi connectivity index (χ0v) is 19.3. The minimum Gasteiger partial charge on any atom is -0.466 e. The first-order valence-electron chi connectivity index (χ1n) is 11.7. The van der Waals surface area contributed by atoms with Gasteiger partial charge in [-0.3, -0.25) is 14.7 Å². The van der Waals surface area contributed by atoms with E-state index in [0.29, 0.717) is 6.61 Å². The monoisotopic (exact) mass is 424 g/mol. The highest BCUT2D eigenvalue weighted by Crippen LogP contribution is 2.35. The second kappa shape index (κ2) is 11.4. The number of ether oxygens (including phenoxy) is 1. The fourth-order valence-corrected chi connectivity index (χ4v) is 5.96. The molecule has 166 valence electrons. The van der Waals surface area contributed by atoms with Crippen LogP contribution in [-0.4, -0.2) is 84.6 Å². The largest absolute Gasteiger partial charge is 0.466 e. The highest BCUT2D eigenvalue weighted by molar-refractivity contribution is 7.99. The second-order valence-electron chi connectivity index (χ2n) is 8.57. The van der Waals surface area contributed by atoms with Gasteiger partial charge in [0.25, 0.3) is 0 Å². The lowest BCUT2D eigenvalue weighted by atomic mass is 9.80. The van der Waals surface area contributed by atoms with Crippen LogP contribution in [0.25, 0.3) is 0 Å². The number of carbonyl (C=O) groups is 1. The summed E-state index contributed by atoms with van der Waals surface area (Å²) >= 11 is 2.09. The number of thioether (sulfide) groups is 1. The molecular formula is C22H40N4O2S. The number of hydrogen-bond donors (Lipinski definition) is 1. The molecule has 0 radical (unpaired) electrons. The van der Waals surface area contributed by atoms with E-state index in [0.717, 1.165) is 45.0 Å². The zero-order valence-electron chi connectivity index (χ0n) is 18.5. The van der Waals surface area contributed by atoms with Gasteiger partial charge in [0.2, 0.25) is 0 Å². The number of aliphatic imine (C=N–C) groups is 1. The Balaban J connectivity index is 1.65. The normalized spacial score (nSPS) is 24.3. The predicted molar refractivity (Wildman–Crippen MR) is 122 cm³/mol. The number of nitrogens with zero attached hydrogens (tertiary/aromatic N) is 3. The van der Waals surface area contributed by atoms with Gasteiger partial charge < -0.3 is 15.0 Å². The lowest BCUT2D eigenvalue weighted by Crippen LogP contribution is -2.56. The minimum atomic E-state index is -0.0294. The van der Waals surface area contributed by atoms with E-state index < -0.39 is 0 Å². The summed E-state index contributed by atoms with van der Waals surface area (Å²) in [6.07, 6.45) is 8.32. The Morgan fingerprint density at radius 3 is 2.41 bits per heavy atom. The molecule has 3 rings (SSSR count). The number of nitrogens with one attached hydrogen (secondary N) is 1. The Morgan fingerprint density at radius 2 is 1.79 bits per heavy atom. The maximum atomic E-state index is 12.1. The van der Waals surface area contributed by atoms with Crippen LogP contribution in [0.3, 0.4) is 0 Å². The summed E-state index contributed by atoms with van der Waals surface area (Å²) in [5.41, 5.74) is 0.253. The molecule has 0 aromatic rings. The van der Waals surface area contributed by atoms with Crippen molar-refractivity contribution >= 4 is 23.7 Å². The molecule has 1 aliphatic carbocycles. The number of hydrogen-bond acceptors (Lipinski definition) is 5. The molecule has 7 heteroatoms. The van der Waals surface area contributed by atoms with Crippen molar-refractivity contribution in [1.82, 2.24) is 15.1 Å². The summed E-state index contributed by atoms with van der Waals surface area (Å²) < 4.78 is 5.22. The van der Waals surface area contributed by atoms with Gasteiger partial charge in [-0.15, -0.1) is 0 Å². The molecule has 6 nitrogen and oxygen atoms in total. The molecule has 2 aliphatic heterocycles. The number of likely N-dealkylation sites (tertiary alicyclic amines) is 1. The summed E-state index contributed by atoms with van der Waals surface area (Å²) in [5, 5.41) is 3.52. The van der Waals surface area contributed by atoms with Crippen LogP contribution in [0.4, 0.5) is 0 Å².